The van der Waals surface area contributed by atoms with Gasteiger partial charge in [-0.2, -0.15) is 0 Å². The Morgan fingerprint density at radius 1 is 1.17 bits per heavy atom. The zero-order valence-electron chi connectivity index (χ0n) is 13.0. The topological polar surface area (TPSA) is 41.5 Å². The Kier molecular flexibility index (Phi) is 9.70. The molecule has 18 heavy (non-hydrogen) atoms. The summed E-state index contributed by atoms with van der Waals surface area (Å²) in [4.78, 5) is 0. The second-order valence-corrected chi connectivity index (χ2v) is 5.99. The molecule has 0 radical (unpaired) electrons. The molecule has 0 saturated heterocycles. The molecule has 0 saturated carbocycles. The van der Waals surface area contributed by atoms with Crippen LogP contribution in [0.5, 0.6) is 0 Å². The van der Waals surface area contributed by atoms with Gasteiger partial charge in [0, 0.05) is 24.8 Å². The highest BCUT2D eigenvalue weighted by Gasteiger charge is 2.26. The van der Waals surface area contributed by atoms with E-state index in [4.69, 9.17) is 4.74 Å². The first-order valence-electron chi connectivity index (χ1n) is 7.42. The number of aliphatic hydroxyl groups is 1. The van der Waals surface area contributed by atoms with Crippen LogP contribution in [0, 0.1) is 5.92 Å². The fraction of sp³-hybridized carbons (Fsp3) is 1.00. The van der Waals surface area contributed by atoms with Gasteiger partial charge in [0.2, 0.25) is 0 Å². The molecule has 1 atom stereocenters. The van der Waals surface area contributed by atoms with Crippen LogP contribution in [0.3, 0.4) is 0 Å². The molecular formula is C15H33NO2. The number of aliphatic hydroxyl groups excluding tert-OH is 1. The minimum Gasteiger partial charge on any atom is -0.394 e. The van der Waals surface area contributed by atoms with E-state index in [0.29, 0.717) is 12.0 Å². The van der Waals surface area contributed by atoms with Crippen molar-refractivity contribution in [1.82, 2.24) is 5.32 Å². The van der Waals surface area contributed by atoms with Gasteiger partial charge in [-0.05, 0) is 31.6 Å². The van der Waals surface area contributed by atoms with Gasteiger partial charge in [-0.1, -0.05) is 34.6 Å². The fourth-order valence-electron chi connectivity index (χ4n) is 2.13. The van der Waals surface area contributed by atoms with E-state index in [1.165, 1.54) is 0 Å². The van der Waals surface area contributed by atoms with Crippen LogP contribution in [0.4, 0.5) is 0 Å². The highest BCUT2D eigenvalue weighted by molar-refractivity contribution is 4.87. The third-order valence-electron chi connectivity index (χ3n) is 3.36. The quantitative estimate of drug-likeness (QED) is 0.561. The third kappa shape index (κ3) is 8.06. The number of hydrogen-bond donors (Lipinski definition) is 2. The lowest BCUT2D eigenvalue weighted by Gasteiger charge is -2.34. The summed E-state index contributed by atoms with van der Waals surface area (Å²) in [7, 11) is 0. The van der Waals surface area contributed by atoms with Gasteiger partial charge in [0.25, 0.3) is 0 Å². The second kappa shape index (κ2) is 9.76. The summed E-state index contributed by atoms with van der Waals surface area (Å²) in [6.07, 6.45) is 4.06. The molecule has 110 valence electrons. The van der Waals surface area contributed by atoms with Gasteiger partial charge in [0.05, 0.1) is 6.61 Å². The van der Waals surface area contributed by atoms with E-state index in [2.05, 4.69) is 39.9 Å². The van der Waals surface area contributed by atoms with Crippen molar-refractivity contribution in [3.05, 3.63) is 0 Å². The van der Waals surface area contributed by atoms with Gasteiger partial charge in [-0.3, -0.25) is 0 Å². The monoisotopic (exact) mass is 259 g/mol. The molecule has 0 aliphatic heterocycles. The highest BCUT2D eigenvalue weighted by Crippen LogP contribution is 2.18. The Labute approximate surface area is 113 Å². The predicted octanol–water partition coefficient (Wildman–Crippen LogP) is 2.97. The lowest BCUT2D eigenvalue weighted by atomic mass is 9.90. The van der Waals surface area contributed by atoms with Crippen LogP contribution >= 0.6 is 0 Å². The molecule has 0 bridgehead atoms. The molecule has 0 rings (SSSR count). The molecule has 0 amide bonds. The standard InChI is InChI=1S/C15H33NO2/c1-6-15(12-17,16-14(4)5)9-7-10-18-11-8-13(2)3/h13-14,16-17H,6-12H2,1-5H3. The van der Waals surface area contributed by atoms with E-state index in [1.54, 1.807) is 0 Å². The minimum absolute atomic E-state index is 0.129. The summed E-state index contributed by atoms with van der Waals surface area (Å²) in [5, 5.41) is 13.1. The summed E-state index contributed by atoms with van der Waals surface area (Å²) in [6, 6.07) is 0.402. The van der Waals surface area contributed by atoms with Crippen molar-refractivity contribution in [2.75, 3.05) is 19.8 Å². The van der Waals surface area contributed by atoms with Gasteiger partial charge >= 0.3 is 0 Å². The molecule has 3 nitrogen and oxygen atoms in total. The average Bonchev–Trinajstić information content (AvgIpc) is 2.31. The molecule has 0 fully saturated rings. The Balaban J connectivity index is 3.83. The lowest BCUT2D eigenvalue weighted by Crippen LogP contribution is -2.51. The van der Waals surface area contributed by atoms with Crippen LogP contribution in [0.1, 0.15) is 60.3 Å². The lowest BCUT2D eigenvalue weighted by molar-refractivity contribution is 0.0939. The van der Waals surface area contributed by atoms with Crippen LogP contribution in [0.2, 0.25) is 0 Å². The minimum atomic E-state index is -0.129. The maximum absolute atomic E-state index is 9.60. The molecule has 0 aromatic carbocycles. The predicted molar refractivity (Wildman–Crippen MR) is 77.9 cm³/mol. The number of hydrogen-bond acceptors (Lipinski definition) is 3. The Hall–Kier alpha value is -0.120. The van der Waals surface area contributed by atoms with Crippen molar-refractivity contribution in [2.24, 2.45) is 5.92 Å². The SMILES string of the molecule is CCC(CO)(CCCOCCC(C)C)NC(C)C. The molecule has 0 aromatic heterocycles. The van der Waals surface area contributed by atoms with Crippen LogP contribution < -0.4 is 5.32 Å². The van der Waals surface area contributed by atoms with Crippen molar-refractivity contribution in [3.63, 3.8) is 0 Å². The molecule has 0 aromatic rings. The van der Waals surface area contributed by atoms with Gasteiger partial charge in [-0.15, -0.1) is 0 Å². The summed E-state index contributed by atoms with van der Waals surface area (Å²) in [5.74, 6) is 0.708. The molecule has 0 spiro atoms. The maximum Gasteiger partial charge on any atom is 0.0613 e. The first kappa shape index (κ1) is 17.9. The van der Waals surface area contributed by atoms with Crippen LogP contribution in [0.15, 0.2) is 0 Å². The summed E-state index contributed by atoms with van der Waals surface area (Å²) in [5.41, 5.74) is -0.129. The van der Waals surface area contributed by atoms with Crippen molar-refractivity contribution < 1.29 is 9.84 Å². The fourth-order valence-corrected chi connectivity index (χ4v) is 2.13. The molecule has 3 heteroatoms. The van der Waals surface area contributed by atoms with E-state index < -0.39 is 0 Å². The van der Waals surface area contributed by atoms with Gasteiger partial charge in [-0.25, -0.2) is 0 Å². The first-order chi connectivity index (χ1) is 8.45. The largest absolute Gasteiger partial charge is 0.394 e. The van der Waals surface area contributed by atoms with Gasteiger partial charge < -0.3 is 15.2 Å². The zero-order chi connectivity index (χ0) is 14.0. The highest BCUT2D eigenvalue weighted by atomic mass is 16.5. The Morgan fingerprint density at radius 2 is 1.83 bits per heavy atom. The van der Waals surface area contributed by atoms with E-state index >= 15 is 0 Å². The van der Waals surface area contributed by atoms with Crippen molar-refractivity contribution in [2.45, 2.75) is 71.9 Å². The normalized spacial score (nSPS) is 15.3. The van der Waals surface area contributed by atoms with E-state index in [1.807, 2.05) is 0 Å². The summed E-state index contributed by atoms with van der Waals surface area (Å²) < 4.78 is 5.62. The van der Waals surface area contributed by atoms with Crippen LogP contribution in [-0.2, 0) is 4.74 Å². The van der Waals surface area contributed by atoms with Gasteiger partial charge in [0.1, 0.15) is 0 Å². The molecule has 2 N–H and O–H groups in total. The Bertz CT molecular complexity index is 189. The molecule has 0 aliphatic carbocycles. The van der Waals surface area contributed by atoms with Crippen LogP contribution in [-0.4, -0.2) is 36.5 Å². The first-order valence-corrected chi connectivity index (χ1v) is 7.42. The second-order valence-electron chi connectivity index (χ2n) is 5.99. The number of rotatable bonds is 11. The number of ether oxygens (including phenoxy) is 1. The Morgan fingerprint density at radius 3 is 2.28 bits per heavy atom. The summed E-state index contributed by atoms with van der Waals surface area (Å²) >= 11 is 0. The zero-order valence-corrected chi connectivity index (χ0v) is 13.0. The molecular weight excluding hydrogens is 226 g/mol. The smallest absolute Gasteiger partial charge is 0.0613 e. The van der Waals surface area contributed by atoms with Crippen molar-refractivity contribution in [3.8, 4) is 0 Å². The van der Waals surface area contributed by atoms with Crippen molar-refractivity contribution >= 4 is 0 Å². The van der Waals surface area contributed by atoms with Gasteiger partial charge in [0.15, 0.2) is 0 Å². The van der Waals surface area contributed by atoms with E-state index in [9.17, 15) is 5.11 Å². The molecule has 0 aliphatic rings. The van der Waals surface area contributed by atoms with E-state index in [-0.39, 0.29) is 12.1 Å². The van der Waals surface area contributed by atoms with Crippen LogP contribution in [0.25, 0.3) is 0 Å². The maximum atomic E-state index is 9.60. The van der Waals surface area contributed by atoms with Crippen molar-refractivity contribution in [1.29, 1.82) is 0 Å². The third-order valence-corrected chi connectivity index (χ3v) is 3.36. The molecule has 0 heterocycles. The summed E-state index contributed by atoms with van der Waals surface area (Å²) in [6.45, 7) is 12.7. The molecule has 1 unspecified atom stereocenters. The average molecular weight is 259 g/mol. The number of nitrogens with one attached hydrogen (secondary N) is 1. The van der Waals surface area contributed by atoms with E-state index in [0.717, 1.165) is 38.9 Å².